The van der Waals surface area contributed by atoms with E-state index in [1.54, 1.807) is 0 Å². The van der Waals surface area contributed by atoms with Crippen molar-refractivity contribution in [1.29, 1.82) is 0 Å². The molecule has 0 N–H and O–H groups in total. The number of nitrogens with zero attached hydrogens (tertiary/aromatic N) is 4. The molecule has 0 aliphatic carbocycles. The van der Waals surface area contributed by atoms with E-state index in [1.165, 1.54) is 87.3 Å². The minimum absolute atomic E-state index is 1.13. The Kier molecular flexibility index (Phi) is 7.36. The molecule has 14 rings (SSSR count). The third kappa shape index (κ3) is 4.88. The Morgan fingerprint density at radius 2 is 0.656 bits per heavy atom. The first kappa shape index (κ1) is 35.0. The summed E-state index contributed by atoms with van der Waals surface area (Å²) in [5, 5.41) is 10.1. The van der Waals surface area contributed by atoms with Gasteiger partial charge < -0.3 is 18.6 Å². The zero-order chi connectivity index (χ0) is 41.9. The fraction of sp³-hybridized carbons (Fsp3) is 0. The number of benzene rings is 10. The molecular formula is C60H38N4. The fourth-order valence-corrected chi connectivity index (χ4v) is 10.9. The molecule has 0 bridgehead atoms. The van der Waals surface area contributed by atoms with Gasteiger partial charge >= 0.3 is 0 Å². The van der Waals surface area contributed by atoms with Crippen LogP contribution in [0.4, 0.5) is 34.1 Å². The highest BCUT2D eigenvalue weighted by Crippen LogP contribution is 2.51. The number of anilines is 6. The normalized spacial score (nSPS) is 12.1. The van der Waals surface area contributed by atoms with E-state index in [9.17, 15) is 0 Å². The second-order valence-corrected chi connectivity index (χ2v) is 16.9. The van der Waals surface area contributed by atoms with E-state index >= 15 is 0 Å². The van der Waals surface area contributed by atoms with Gasteiger partial charge in [0.1, 0.15) is 0 Å². The summed E-state index contributed by atoms with van der Waals surface area (Å²) >= 11 is 0. The molecule has 10 aromatic carbocycles. The maximum atomic E-state index is 2.57. The topological polar surface area (TPSA) is 15.3 Å². The van der Waals surface area contributed by atoms with Gasteiger partial charge in [0.05, 0.1) is 33.1 Å². The zero-order valence-electron chi connectivity index (χ0n) is 34.7. The first-order chi connectivity index (χ1) is 31.8. The van der Waals surface area contributed by atoms with Crippen LogP contribution in [0.1, 0.15) is 0 Å². The molecule has 0 spiro atoms. The van der Waals surface area contributed by atoms with Gasteiger partial charge in [-0.05, 0) is 96.6 Å². The lowest BCUT2D eigenvalue weighted by Crippen LogP contribution is -2.09. The molecule has 0 amide bonds. The van der Waals surface area contributed by atoms with E-state index in [0.29, 0.717) is 0 Å². The van der Waals surface area contributed by atoms with Gasteiger partial charge in [-0.15, -0.1) is 0 Å². The van der Waals surface area contributed by atoms with Crippen LogP contribution >= 0.6 is 0 Å². The quantitative estimate of drug-likeness (QED) is 0.159. The maximum Gasteiger partial charge on any atom is 0.0627 e. The van der Waals surface area contributed by atoms with Crippen molar-refractivity contribution in [2.75, 3.05) is 9.80 Å². The van der Waals surface area contributed by atoms with Crippen LogP contribution < -0.4 is 9.80 Å². The van der Waals surface area contributed by atoms with Crippen molar-refractivity contribution in [2.45, 2.75) is 0 Å². The summed E-state index contributed by atoms with van der Waals surface area (Å²) in [5.74, 6) is 0. The number of aromatic nitrogens is 2. The molecule has 0 unspecified atom stereocenters. The Labute approximate surface area is 369 Å². The molecule has 4 heteroatoms. The second-order valence-electron chi connectivity index (χ2n) is 16.9. The van der Waals surface area contributed by atoms with Crippen molar-refractivity contribution < 1.29 is 0 Å². The molecule has 0 atom stereocenters. The van der Waals surface area contributed by atoms with Gasteiger partial charge in [0, 0.05) is 82.8 Å². The van der Waals surface area contributed by atoms with Gasteiger partial charge in [0.15, 0.2) is 0 Å². The minimum Gasteiger partial charge on any atom is -0.310 e. The minimum atomic E-state index is 1.13. The predicted octanol–water partition coefficient (Wildman–Crippen LogP) is 16.6. The van der Waals surface area contributed by atoms with Crippen molar-refractivity contribution in [2.24, 2.45) is 0 Å². The van der Waals surface area contributed by atoms with Crippen LogP contribution in [0.3, 0.4) is 0 Å². The van der Waals surface area contributed by atoms with Crippen molar-refractivity contribution in [3.8, 4) is 11.1 Å². The molecule has 0 aliphatic rings. The van der Waals surface area contributed by atoms with Crippen molar-refractivity contribution in [3.05, 3.63) is 231 Å². The second kappa shape index (κ2) is 13.4. The average molecular weight is 815 g/mol. The van der Waals surface area contributed by atoms with Crippen LogP contribution in [0.5, 0.6) is 0 Å². The predicted molar refractivity (Wildman–Crippen MR) is 271 cm³/mol. The van der Waals surface area contributed by atoms with Gasteiger partial charge in [-0.1, -0.05) is 140 Å². The van der Waals surface area contributed by atoms with Gasteiger partial charge in [-0.3, -0.25) is 0 Å². The zero-order valence-corrected chi connectivity index (χ0v) is 34.7. The number of rotatable bonds is 7. The molecule has 4 heterocycles. The molecule has 0 aliphatic heterocycles. The Morgan fingerprint density at radius 1 is 0.250 bits per heavy atom. The van der Waals surface area contributed by atoms with Crippen LogP contribution in [0.25, 0.3) is 87.3 Å². The molecular weight excluding hydrogens is 777 g/mol. The van der Waals surface area contributed by atoms with Crippen molar-refractivity contribution >= 4 is 110 Å². The number of fused-ring (bicyclic) bond motifs is 12. The van der Waals surface area contributed by atoms with Crippen LogP contribution in [0.15, 0.2) is 231 Å². The van der Waals surface area contributed by atoms with Crippen molar-refractivity contribution in [1.82, 2.24) is 8.80 Å². The van der Waals surface area contributed by atoms with Gasteiger partial charge in [-0.2, -0.15) is 0 Å². The Morgan fingerprint density at radius 3 is 1.14 bits per heavy atom. The van der Waals surface area contributed by atoms with Crippen LogP contribution in [0.2, 0.25) is 0 Å². The van der Waals surface area contributed by atoms with E-state index in [4.69, 9.17) is 0 Å². The molecule has 0 fully saturated rings. The first-order valence-electron chi connectivity index (χ1n) is 22.0. The summed E-state index contributed by atoms with van der Waals surface area (Å²) in [6, 6.07) is 84.1. The molecule has 0 saturated heterocycles. The summed E-state index contributed by atoms with van der Waals surface area (Å²) in [6.45, 7) is 0. The molecule has 0 saturated carbocycles. The van der Waals surface area contributed by atoms with E-state index < -0.39 is 0 Å². The van der Waals surface area contributed by atoms with Gasteiger partial charge in [0.2, 0.25) is 0 Å². The Hall–Kier alpha value is -8.60. The summed E-state index contributed by atoms with van der Waals surface area (Å²) < 4.78 is 5.11. The summed E-state index contributed by atoms with van der Waals surface area (Å²) in [4.78, 5) is 4.72. The average Bonchev–Trinajstić information content (AvgIpc) is 4.09. The van der Waals surface area contributed by atoms with E-state index in [1.807, 2.05) is 0 Å². The molecule has 4 nitrogen and oxygen atoms in total. The van der Waals surface area contributed by atoms with Crippen LogP contribution in [-0.2, 0) is 0 Å². The third-order valence-corrected chi connectivity index (χ3v) is 13.5. The standard InChI is InChI=1S/C60H38N4/c1-6-18-39(19-7-1)56-57-49-31-17-29-47-50-36-44(61(40-20-8-2-9-21-40)41-22-10-3-11-23-41)32-34-53(50)63(59(47)49)55(57)38-52-48-30-16-28-46-51-37-45(33-35-54(51)64(58(46)48)60(52)56)62(42-24-12-4-13-25-42)43-26-14-5-15-27-43/h1-38H. The SMILES string of the molecule is c1ccc(-c2c3c4cccc5c6cc(N(c7ccccc7)c7ccccc7)ccc6n(c3cc3c6cccc7c8cc(N(c9ccccc9)c9ccccc9)ccc8n(c23)c76)c54)cc1. The monoisotopic (exact) mass is 814 g/mol. The highest BCUT2D eigenvalue weighted by atomic mass is 15.1. The molecule has 4 aromatic heterocycles. The third-order valence-electron chi connectivity index (χ3n) is 13.5. The largest absolute Gasteiger partial charge is 0.310 e. The van der Waals surface area contributed by atoms with E-state index in [2.05, 4.69) is 249 Å². The smallest absolute Gasteiger partial charge is 0.0627 e. The lowest BCUT2D eigenvalue weighted by atomic mass is 9.95. The lowest BCUT2D eigenvalue weighted by Gasteiger charge is -2.25. The molecule has 0 radical (unpaired) electrons. The van der Waals surface area contributed by atoms with E-state index in [-0.39, 0.29) is 0 Å². The summed E-state index contributed by atoms with van der Waals surface area (Å²) in [5.41, 5.74) is 16.7. The summed E-state index contributed by atoms with van der Waals surface area (Å²) in [6.07, 6.45) is 0. The van der Waals surface area contributed by atoms with Crippen LogP contribution in [0, 0.1) is 0 Å². The molecule has 64 heavy (non-hydrogen) atoms. The lowest BCUT2D eigenvalue weighted by molar-refractivity contribution is 1.28. The number of para-hydroxylation sites is 6. The number of hydrogen-bond donors (Lipinski definition) is 0. The van der Waals surface area contributed by atoms with Gasteiger partial charge in [0.25, 0.3) is 0 Å². The Bertz CT molecular complexity index is 3960. The van der Waals surface area contributed by atoms with E-state index in [0.717, 1.165) is 34.1 Å². The Balaban J connectivity index is 1.06. The first-order valence-corrected chi connectivity index (χ1v) is 22.0. The van der Waals surface area contributed by atoms with Crippen molar-refractivity contribution in [3.63, 3.8) is 0 Å². The maximum absolute atomic E-state index is 2.57. The highest BCUT2D eigenvalue weighted by molar-refractivity contribution is 6.33. The number of hydrogen-bond acceptors (Lipinski definition) is 2. The highest BCUT2D eigenvalue weighted by Gasteiger charge is 2.27. The van der Waals surface area contributed by atoms with Crippen LogP contribution in [-0.4, -0.2) is 8.80 Å². The molecule has 298 valence electrons. The molecule has 14 aromatic rings. The van der Waals surface area contributed by atoms with Gasteiger partial charge in [-0.25, -0.2) is 0 Å². The fourth-order valence-electron chi connectivity index (χ4n) is 10.9. The summed E-state index contributed by atoms with van der Waals surface area (Å²) in [7, 11) is 0.